The Morgan fingerprint density at radius 3 is 2.33 bits per heavy atom. The van der Waals surface area contributed by atoms with Gasteiger partial charge in [0, 0.05) is 11.8 Å². The molecule has 0 aromatic heterocycles. The van der Waals surface area contributed by atoms with E-state index in [0.29, 0.717) is 24.0 Å². The molecule has 0 saturated carbocycles. The molecule has 0 bridgehead atoms. The predicted molar refractivity (Wildman–Crippen MR) is 109 cm³/mol. The summed E-state index contributed by atoms with van der Waals surface area (Å²) in [5, 5.41) is 5.32. The number of guanidine groups is 1. The van der Waals surface area contributed by atoms with Crippen LogP contribution in [0.4, 0.5) is 5.69 Å². The molecule has 3 aromatic rings. The lowest BCUT2D eigenvalue weighted by Crippen LogP contribution is -2.22. The molecule has 0 amide bonds. The fourth-order valence-corrected chi connectivity index (χ4v) is 2.78. The molecule has 0 saturated heterocycles. The summed E-state index contributed by atoms with van der Waals surface area (Å²) in [6.45, 7) is 0.480. The molecule has 0 spiro atoms. The molecular formula is C21H23N3O3. The molecule has 6 nitrogen and oxygen atoms in total. The van der Waals surface area contributed by atoms with Crippen molar-refractivity contribution in [2.45, 2.75) is 6.54 Å². The fourth-order valence-electron chi connectivity index (χ4n) is 2.78. The average molecular weight is 365 g/mol. The summed E-state index contributed by atoms with van der Waals surface area (Å²) in [5.74, 6) is 2.46. The zero-order valence-corrected chi connectivity index (χ0v) is 15.7. The summed E-state index contributed by atoms with van der Waals surface area (Å²) >= 11 is 0. The first-order valence-electron chi connectivity index (χ1n) is 8.48. The molecule has 0 heterocycles. The molecule has 140 valence electrons. The Hall–Kier alpha value is -3.41. The zero-order chi connectivity index (χ0) is 19.2. The summed E-state index contributed by atoms with van der Waals surface area (Å²) in [6, 6.07) is 17.7. The standard InChI is InChI=1S/C21H23N3O3/c1-25-18-8-6-15-10-14(4-5-16(15)11-18)13-23-21(22)24-17-7-9-19(26-2)20(12-17)27-3/h4-12H,13H2,1-3H3,(H3,22,23,24). The Morgan fingerprint density at radius 1 is 0.852 bits per heavy atom. The lowest BCUT2D eigenvalue weighted by atomic mass is 10.1. The normalized spacial score (nSPS) is 11.3. The van der Waals surface area contributed by atoms with Gasteiger partial charge in [0.25, 0.3) is 0 Å². The number of rotatable bonds is 6. The summed E-state index contributed by atoms with van der Waals surface area (Å²) < 4.78 is 15.8. The molecule has 0 radical (unpaired) electrons. The number of ether oxygens (including phenoxy) is 3. The van der Waals surface area contributed by atoms with Gasteiger partial charge in [-0.1, -0.05) is 18.2 Å². The van der Waals surface area contributed by atoms with E-state index in [-0.39, 0.29) is 0 Å². The van der Waals surface area contributed by atoms with Gasteiger partial charge in [-0.15, -0.1) is 0 Å². The number of fused-ring (bicyclic) bond motifs is 1. The smallest absolute Gasteiger partial charge is 0.193 e. The zero-order valence-electron chi connectivity index (χ0n) is 15.7. The van der Waals surface area contributed by atoms with E-state index in [1.165, 1.54) is 0 Å². The Kier molecular flexibility index (Phi) is 5.66. The van der Waals surface area contributed by atoms with Crippen LogP contribution in [-0.2, 0) is 6.54 Å². The molecule has 0 unspecified atom stereocenters. The number of benzene rings is 3. The van der Waals surface area contributed by atoms with Crippen LogP contribution in [0.2, 0.25) is 0 Å². The first-order valence-corrected chi connectivity index (χ1v) is 8.48. The lowest BCUT2D eigenvalue weighted by molar-refractivity contribution is 0.355. The van der Waals surface area contributed by atoms with E-state index < -0.39 is 0 Å². The fraction of sp³-hybridized carbons (Fsp3) is 0.190. The molecular weight excluding hydrogens is 342 g/mol. The molecule has 6 heteroatoms. The minimum atomic E-state index is 0.331. The number of aliphatic imine (C=N–C) groups is 1. The predicted octanol–water partition coefficient (Wildman–Crippen LogP) is 3.79. The largest absolute Gasteiger partial charge is 0.497 e. The second-order valence-corrected chi connectivity index (χ2v) is 5.94. The highest BCUT2D eigenvalue weighted by Crippen LogP contribution is 2.29. The van der Waals surface area contributed by atoms with Gasteiger partial charge < -0.3 is 25.3 Å². The van der Waals surface area contributed by atoms with Crippen molar-refractivity contribution in [1.82, 2.24) is 0 Å². The van der Waals surface area contributed by atoms with Gasteiger partial charge in [-0.05, 0) is 46.7 Å². The molecule has 3 aromatic carbocycles. The van der Waals surface area contributed by atoms with Crippen LogP contribution in [0.15, 0.2) is 59.6 Å². The van der Waals surface area contributed by atoms with Crippen LogP contribution in [0, 0.1) is 0 Å². The van der Waals surface area contributed by atoms with Crippen molar-refractivity contribution in [2.75, 3.05) is 26.6 Å². The summed E-state index contributed by atoms with van der Waals surface area (Å²) in [6.07, 6.45) is 0. The van der Waals surface area contributed by atoms with Crippen molar-refractivity contribution in [3.63, 3.8) is 0 Å². The van der Waals surface area contributed by atoms with Crippen LogP contribution in [-0.4, -0.2) is 27.3 Å². The van der Waals surface area contributed by atoms with Gasteiger partial charge >= 0.3 is 0 Å². The number of anilines is 1. The maximum atomic E-state index is 6.02. The third-order valence-corrected chi connectivity index (χ3v) is 4.20. The van der Waals surface area contributed by atoms with Crippen molar-refractivity contribution in [3.05, 3.63) is 60.2 Å². The minimum Gasteiger partial charge on any atom is -0.497 e. The summed E-state index contributed by atoms with van der Waals surface area (Å²) in [4.78, 5) is 4.41. The van der Waals surface area contributed by atoms with E-state index in [0.717, 1.165) is 27.8 Å². The molecule has 0 atom stereocenters. The molecule has 0 aliphatic rings. The van der Waals surface area contributed by atoms with Crippen LogP contribution < -0.4 is 25.3 Å². The molecule has 0 aliphatic heterocycles. The van der Waals surface area contributed by atoms with Gasteiger partial charge in [0.2, 0.25) is 0 Å². The van der Waals surface area contributed by atoms with Crippen molar-refractivity contribution in [3.8, 4) is 17.2 Å². The van der Waals surface area contributed by atoms with Gasteiger partial charge in [-0.2, -0.15) is 0 Å². The first kappa shape index (κ1) is 18.4. The molecule has 3 rings (SSSR count). The maximum absolute atomic E-state index is 6.02. The quantitative estimate of drug-likeness (QED) is 0.513. The first-order chi connectivity index (χ1) is 13.1. The van der Waals surface area contributed by atoms with Gasteiger partial charge in [0.1, 0.15) is 5.75 Å². The number of nitrogens with zero attached hydrogens (tertiary/aromatic N) is 1. The highest BCUT2D eigenvalue weighted by atomic mass is 16.5. The second-order valence-electron chi connectivity index (χ2n) is 5.94. The highest BCUT2D eigenvalue weighted by Gasteiger charge is 2.05. The SMILES string of the molecule is COc1ccc2cc(CN=C(N)Nc3ccc(OC)c(OC)c3)ccc2c1. The van der Waals surface area contributed by atoms with E-state index >= 15 is 0 Å². The Balaban J connectivity index is 1.71. The third kappa shape index (κ3) is 4.41. The topological polar surface area (TPSA) is 78.1 Å². The van der Waals surface area contributed by atoms with Gasteiger partial charge in [0.05, 0.1) is 27.9 Å². The molecule has 0 fully saturated rings. The van der Waals surface area contributed by atoms with Crippen molar-refractivity contribution in [2.24, 2.45) is 10.7 Å². The van der Waals surface area contributed by atoms with Gasteiger partial charge in [-0.3, -0.25) is 0 Å². The van der Waals surface area contributed by atoms with E-state index in [2.05, 4.69) is 22.4 Å². The Morgan fingerprint density at radius 2 is 1.59 bits per heavy atom. The van der Waals surface area contributed by atoms with Crippen molar-refractivity contribution < 1.29 is 14.2 Å². The number of nitrogens with two attached hydrogens (primary N) is 1. The van der Waals surface area contributed by atoms with Crippen LogP contribution in [0.5, 0.6) is 17.2 Å². The van der Waals surface area contributed by atoms with Crippen LogP contribution in [0.3, 0.4) is 0 Å². The van der Waals surface area contributed by atoms with E-state index in [4.69, 9.17) is 19.9 Å². The molecule has 3 N–H and O–H groups in total. The number of nitrogens with one attached hydrogen (secondary N) is 1. The maximum Gasteiger partial charge on any atom is 0.193 e. The van der Waals surface area contributed by atoms with Crippen molar-refractivity contribution in [1.29, 1.82) is 0 Å². The second kappa shape index (κ2) is 8.31. The Labute approximate surface area is 158 Å². The summed E-state index contributed by atoms with van der Waals surface area (Å²) in [5.41, 5.74) is 7.87. The average Bonchev–Trinajstić information content (AvgIpc) is 2.71. The summed E-state index contributed by atoms with van der Waals surface area (Å²) in [7, 11) is 4.85. The third-order valence-electron chi connectivity index (χ3n) is 4.20. The van der Waals surface area contributed by atoms with E-state index in [9.17, 15) is 0 Å². The minimum absolute atomic E-state index is 0.331. The number of methoxy groups -OCH3 is 3. The van der Waals surface area contributed by atoms with E-state index in [1.807, 2.05) is 42.5 Å². The molecule has 0 aliphatic carbocycles. The van der Waals surface area contributed by atoms with Crippen LogP contribution in [0.1, 0.15) is 5.56 Å². The van der Waals surface area contributed by atoms with Crippen LogP contribution >= 0.6 is 0 Å². The van der Waals surface area contributed by atoms with Gasteiger partial charge in [0.15, 0.2) is 17.5 Å². The number of hydrogen-bond acceptors (Lipinski definition) is 4. The van der Waals surface area contributed by atoms with E-state index in [1.54, 1.807) is 21.3 Å². The van der Waals surface area contributed by atoms with Gasteiger partial charge in [-0.25, -0.2) is 4.99 Å². The molecule has 27 heavy (non-hydrogen) atoms. The monoisotopic (exact) mass is 365 g/mol. The number of hydrogen-bond donors (Lipinski definition) is 2. The Bertz CT molecular complexity index is 970. The van der Waals surface area contributed by atoms with Crippen molar-refractivity contribution >= 4 is 22.4 Å². The highest BCUT2D eigenvalue weighted by molar-refractivity contribution is 5.92. The lowest BCUT2D eigenvalue weighted by Gasteiger charge is -2.11. The van der Waals surface area contributed by atoms with Crippen LogP contribution in [0.25, 0.3) is 10.8 Å².